The predicted octanol–water partition coefficient (Wildman–Crippen LogP) is 2.49. The summed E-state index contributed by atoms with van der Waals surface area (Å²) in [6, 6.07) is 20.0. The molecule has 0 radical (unpaired) electrons. The first kappa shape index (κ1) is 25.1. The summed E-state index contributed by atoms with van der Waals surface area (Å²) in [5.74, 6) is -0.635. The second-order valence-electron chi connectivity index (χ2n) is 7.67. The Morgan fingerprint density at radius 3 is 2.46 bits per heavy atom. The number of hydrogen-bond acceptors (Lipinski definition) is 6. The number of benzene rings is 2. The van der Waals surface area contributed by atoms with Crippen LogP contribution in [0.1, 0.15) is 36.1 Å². The van der Waals surface area contributed by atoms with E-state index in [-0.39, 0.29) is 25.0 Å². The Bertz CT molecular complexity index is 1140. The summed E-state index contributed by atoms with van der Waals surface area (Å²) < 4.78 is 5.53. The van der Waals surface area contributed by atoms with Gasteiger partial charge in [-0.2, -0.15) is 5.10 Å². The quantitative estimate of drug-likeness (QED) is 0.224. The number of nitrogens with zero attached hydrogens (tertiary/aromatic N) is 2. The highest BCUT2D eigenvalue weighted by Crippen LogP contribution is 2.13. The number of carbonyl (C=O) groups is 3. The number of nitrogens with one attached hydrogen (secondary N) is 3. The maximum absolute atomic E-state index is 12.1. The van der Waals surface area contributed by atoms with Gasteiger partial charge in [-0.15, -0.1) is 0 Å². The van der Waals surface area contributed by atoms with E-state index in [0.29, 0.717) is 17.9 Å². The van der Waals surface area contributed by atoms with Crippen molar-refractivity contribution in [1.82, 2.24) is 21.0 Å². The molecule has 9 nitrogen and oxygen atoms in total. The molecule has 3 rings (SSSR count). The van der Waals surface area contributed by atoms with Crippen molar-refractivity contribution < 1.29 is 19.1 Å². The van der Waals surface area contributed by atoms with Gasteiger partial charge in [-0.05, 0) is 53.9 Å². The number of ether oxygens (including phenoxy) is 1. The molecule has 180 valence electrons. The van der Waals surface area contributed by atoms with Gasteiger partial charge < -0.3 is 15.4 Å². The molecular weight excluding hydrogens is 446 g/mol. The molecule has 3 N–H and O–H groups in total. The fourth-order valence-corrected chi connectivity index (χ4v) is 3.04. The van der Waals surface area contributed by atoms with Crippen LogP contribution in [0.5, 0.6) is 5.75 Å². The van der Waals surface area contributed by atoms with Crippen LogP contribution in [0.4, 0.5) is 0 Å². The highest BCUT2D eigenvalue weighted by Gasteiger charge is 2.10. The van der Waals surface area contributed by atoms with Crippen LogP contribution in [0.25, 0.3) is 0 Å². The molecule has 0 aliphatic heterocycles. The van der Waals surface area contributed by atoms with Crippen LogP contribution in [0, 0.1) is 0 Å². The van der Waals surface area contributed by atoms with E-state index in [1.807, 2.05) is 43.3 Å². The zero-order chi connectivity index (χ0) is 24.9. The van der Waals surface area contributed by atoms with E-state index in [1.54, 1.807) is 42.7 Å². The van der Waals surface area contributed by atoms with Crippen LogP contribution < -0.4 is 20.8 Å². The molecule has 1 aromatic heterocycles. The number of hydrazone groups is 1. The van der Waals surface area contributed by atoms with Crippen molar-refractivity contribution in [3.05, 3.63) is 95.8 Å². The van der Waals surface area contributed by atoms with E-state index in [9.17, 15) is 14.4 Å². The van der Waals surface area contributed by atoms with Gasteiger partial charge in [0.1, 0.15) is 12.2 Å². The zero-order valence-corrected chi connectivity index (χ0v) is 19.3. The zero-order valence-electron chi connectivity index (χ0n) is 19.3. The second-order valence-corrected chi connectivity index (χ2v) is 7.67. The summed E-state index contributed by atoms with van der Waals surface area (Å²) >= 11 is 0. The summed E-state index contributed by atoms with van der Waals surface area (Å²) in [5, 5.41) is 9.40. The summed E-state index contributed by atoms with van der Waals surface area (Å²) in [6.45, 7) is 2.10. The normalized spacial score (nSPS) is 11.5. The Balaban J connectivity index is 1.35. The van der Waals surface area contributed by atoms with Gasteiger partial charge in [0, 0.05) is 18.9 Å². The van der Waals surface area contributed by atoms with Crippen LogP contribution in [-0.2, 0) is 20.9 Å². The molecule has 0 saturated heterocycles. The van der Waals surface area contributed by atoms with Crippen LogP contribution >= 0.6 is 0 Å². The summed E-state index contributed by atoms with van der Waals surface area (Å²) in [6.07, 6.45) is 4.39. The third-order valence-corrected chi connectivity index (χ3v) is 4.86. The van der Waals surface area contributed by atoms with E-state index in [0.717, 1.165) is 11.1 Å². The minimum absolute atomic E-state index is 0.108. The largest absolute Gasteiger partial charge is 0.484 e. The lowest BCUT2D eigenvalue weighted by Gasteiger charge is -2.14. The molecule has 35 heavy (non-hydrogen) atoms. The topological polar surface area (TPSA) is 122 Å². The Morgan fingerprint density at radius 2 is 1.74 bits per heavy atom. The Hall–Kier alpha value is -4.53. The SMILES string of the molecule is C[C@@H](NC(=O)COc1ccc(/C=N/NC(=O)CC(=O)NCc2cccnc2)cc1)c1ccccc1. The van der Waals surface area contributed by atoms with Gasteiger partial charge in [0.25, 0.3) is 5.91 Å². The van der Waals surface area contributed by atoms with Crippen molar-refractivity contribution in [2.45, 2.75) is 25.9 Å². The minimum atomic E-state index is -0.527. The van der Waals surface area contributed by atoms with Crippen molar-refractivity contribution in [1.29, 1.82) is 0 Å². The first-order chi connectivity index (χ1) is 17.0. The molecule has 0 saturated carbocycles. The monoisotopic (exact) mass is 473 g/mol. The van der Waals surface area contributed by atoms with Crippen molar-refractivity contribution in [3.63, 3.8) is 0 Å². The smallest absolute Gasteiger partial charge is 0.258 e. The van der Waals surface area contributed by atoms with E-state index < -0.39 is 11.8 Å². The van der Waals surface area contributed by atoms with Gasteiger partial charge in [-0.3, -0.25) is 19.4 Å². The van der Waals surface area contributed by atoms with E-state index in [2.05, 4.69) is 26.1 Å². The number of aromatic nitrogens is 1. The number of hydrogen-bond donors (Lipinski definition) is 3. The van der Waals surface area contributed by atoms with Crippen molar-refractivity contribution in [2.75, 3.05) is 6.61 Å². The molecule has 0 unspecified atom stereocenters. The highest BCUT2D eigenvalue weighted by molar-refractivity contribution is 5.97. The van der Waals surface area contributed by atoms with Gasteiger partial charge in [0.05, 0.1) is 12.3 Å². The van der Waals surface area contributed by atoms with Crippen LogP contribution in [0.3, 0.4) is 0 Å². The average molecular weight is 474 g/mol. The van der Waals surface area contributed by atoms with Crippen LogP contribution in [-0.4, -0.2) is 35.5 Å². The summed E-state index contributed by atoms with van der Waals surface area (Å²) in [5.41, 5.74) is 4.89. The molecule has 3 aromatic rings. The number of amides is 3. The van der Waals surface area contributed by atoms with Gasteiger partial charge in [0.2, 0.25) is 11.8 Å². The minimum Gasteiger partial charge on any atom is -0.484 e. The fraction of sp³-hybridized carbons (Fsp3) is 0.192. The molecule has 0 spiro atoms. The molecule has 0 bridgehead atoms. The lowest BCUT2D eigenvalue weighted by molar-refractivity contribution is -0.129. The highest BCUT2D eigenvalue weighted by atomic mass is 16.5. The molecule has 3 amide bonds. The molecule has 9 heteroatoms. The van der Waals surface area contributed by atoms with Crippen molar-refractivity contribution >= 4 is 23.9 Å². The van der Waals surface area contributed by atoms with Gasteiger partial charge in [-0.1, -0.05) is 36.4 Å². The second kappa shape index (κ2) is 13.2. The number of carbonyl (C=O) groups excluding carboxylic acids is 3. The maximum Gasteiger partial charge on any atom is 0.258 e. The molecule has 0 aliphatic rings. The van der Waals surface area contributed by atoms with Crippen molar-refractivity contribution in [2.24, 2.45) is 5.10 Å². The first-order valence-corrected chi connectivity index (χ1v) is 11.0. The van der Waals surface area contributed by atoms with E-state index in [1.165, 1.54) is 6.21 Å². The third kappa shape index (κ3) is 9.09. The number of rotatable bonds is 11. The lowest BCUT2D eigenvalue weighted by atomic mass is 10.1. The van der Waals surface area contributed by atoms with Crippen molar-refractivity contribution in [3.8, 4) is 5.75 Å². The Kier molecular flexibility index (Phi) is 9.50. The average Bonchev–Trinajstić information content (AvgIpc) is 2.88. The third-order valence-electron chi connectivity index (χ3n) is 4.86. The Morgan fingerprint density at radius 1 is 0.971 bits per heavy atom. The predicted molar refractivity (Wildman–Crippen MR) is 131 cm³/mol. The maximum atomic E-state index is 12.1. The van der Waals surface area contributed by atoms with Crippen LogP contribution in [0.15, 0.2) is 84.2 Å². The van der Waals surface area contributed by atoms with Gasteiger partial charge in [0.15, 0.2) is 6.61 Å². The summed E-state index contributed by atoms with van der Waals surface area (Å²) in [7, 11) is 0. The molecular formula is C26H27N5O4. The molecule has 1 atom stereocenters. The molecule has 2 aromatic carbocycles. The molecule has 1 heterocycles. The molecule has 0 aliphatic carbocycles. The summed E-state index contributed by atoms with van der Waals surface area (Å²) in [4.78, 5) is 39.8. The van der Waals surface area contributed by atoms with E-state index >= 15 is 0 Å². The fourth-order valence-electron chi connectivity index (χ4n) is 3.04. The number of pyridine rings is 1. The lowest BCUT2D eigenvalue weighted by Crippen LogP contribution is -2.31. The van der Waals surface area contributed by atoms with Crippen LogP contribution in [0.2, 0.25) is 0 Å². The van der Waals surface area contributed by atoms with Gasteiger partial charge >= 0.3 is 0 Å². The molecule has 0 fully saturated rings. The van der Waals surface area contributed by atoms with E-state index in [4.69, 9.17) is 4.74 Å². The standard InChI is InChI=1S/C26H27N5O4/c1-19(22-7-3-2-4-8-22)30-26(34)18-35-23-11-9-20(10-12-23)17-29-31-25(33)14-24(32)28-16-21-6-5-13-27-15-21/h2-13,15,17,19H,14,16,18H2,1H3,(H,28,32)(H,30,34)(H,31,33)/b29-17+/t19-/m1/s1. The first-order valence-electron chi connectivity index (χ1n) is 11.0. The Labute approximate surface area is 203 Å². The van der Waals surface area contributed by atoms with Gasteiger partial charge in [-0.25, -0.2) is 5.43 Å².